The Balaban J connectivity index is 1.78. The number of aliphatic carboxylic acids is 1. The fraction of sp³-hybridized carbons (Fsp3) is 0.579. The van der Waals surface area contributed by atoms with Crippen molar-refractivity contribution in [2.75, 3.05) is 39.3 Å². The van der Waals surface area contributed by atoms with Gasteiger partial charge >= 0.3 is 12.0 Å². The van der Waals surface area contributed by atoms with E-state index >= 15 is 0 Å². The predicted molar refractivity (Wildman–Crippen MR) is 99.4 cm³/mol. The fourth-order valence-electron chi connectivity index (χ4n) is 3.25. The molecule has 0 radical (unpaired) electrons. The molecule has 0 aromatic heterocycles. The predicted octanol–water partition coefficient (Wildman–Crippen LogP) is 2.18. The van der Waals surface area contributed by atoms with Gasteiger partial charge in [-0.3, -0.25) is 9.69 Å². The summed E-state index contributed by atoms with van der Waals surface area (Å²) >= 11 is 0. The molecule has 150 valence electrons. The number of benzene rings is 1. The van der Waals surface area contributed by atoms with Gasteiger partial charge in [-0.15, -0.1) is 0 Å². The minimum atomic E-state index is -0.861. The molecule has 0 bridgehead atoms. The highest BCUT2D eigenvalue weighted by Crippen LogP contribution is 2.17. The summed E-state index contributed by atoms with van der Waals surface area (Å²) in [5.74, 6) is -0.578. The first-order chi connectivity index (χ1) is 13.0. The lowest BCUT2D eigenvalue weighted by atomic mass is 10.0. The number of halogens is 1. The molecule has 2 N–H and O–H groups in total. The second-order valence-electron chi connectivity index (χ2n) is 6.57. The van der Waals surface area contributed by atoms with E-state index in [9.17, 15) is 19.1 Å². The molecule has 0 saturated carbocycles. The molecule has 1 aliphatic rings. The molecule has 0 spiro atoms. The van der Waals surface area contributed by atoms with Crippen LogP contribution < -0.4 is 10.1 Å². The number of amides is 2. The van der Waals surface area contributed by atoms with E-state index in [4.69, 9.17) is 4.74 Å². The number of piperidine rings is 1. The van der Waals surface area contributed by atoms with Crippen LogP contribution in [0.25, 0.3) is 0 Å². The summed E-state index contributed by atoms with van der Waals surface area (Å²) in [5.41, 5.74) is 0. The van der Waals surface area contributed by atoms with E-state index in [1.54, 1.807) is 17.0 Å². The first-order valence-corrected chi connectivity index (χ1v) is 9.36. The SMILES string of the molecule is CCNC(=O)N1CCC(N(CCCOc2ccc(F)cc2)CC(=O)O)CC1. The standard InChI is InChI=1S/C19H28FN3O4/c1-2-21-19(26)22-11-8-16(9-12-22)23(14-18(24)25)10-3-13-27-17-6-4-15(20)5-7-17/h4-7,16H,2-3,8-14H2,1H3,(H,21,26)(H,24,25). The minimum Gasteiger partial charge on any atom is -0.494 e. The molecule has 1 aromatic rings. The summed E-state index contributed by atoms with van der Waals surface area (Å²) in [5, 5.41) is 12.0. The van der Waals surface area contributed by atoms with Gasteiger partial charge in [-0.1, -0.05) is 0 Å². The number of hydrogen-bond donors (Lipinski definition) is 2. The zero-order valence-corrected chi connectivity index (χ0v) is 15.7. The van der Waals surface area contributed by atoms with E-state index in [2.05, 4.69) is 5.32 Å². The second-order valence-corrected chi connectivity index (χ2v) is 6.57. The Kier molecular flexibility index (Phi) is 8.32. The van der Waals surface area contributed by atoms with Crippen LogP contribution in [0.5, 0.6) is 5.75 Å². The van der Waals surface area contributed by atoms with Crippen molar-refractivity contribution in [3.05, 3.63) is 30.1 Å². The number of rotatable bonds is 9. The van der Waals surface area contributed by atoms with Crippen LogP contribution in [-0.2, 0) is 4.79 Å². The second kappa shape index (κ2) is 10.7. The van der Waals surface area contributed by atoms with Gasteiger partial charge in [0.2, 0.25) is 0 Å². The van der Waals surface area contributed by atoms with Crippen LogP contribution in [0.4, 0.5) is 9.18 Å². The number of carbonyl (C=O) groups is 2. The molecule has 1 aliphatic heterocycles. The Morgan fingerprint density at radius 3 is 2.56 bits per heavy atom. The molecule has 0 unspecified atom stereocenters. The van der Waals surface area contributed by atoms with Gasteiger partial charge in [0.1, 0.15) is 11.6 Å². The van der Waals surface area contributed by atoms with Crippen LogP contribution in [0, 0.1) is 5.82 Å². The van der Waals surface area contributed by atoms with Crippen LogP contribution in [0.1, 0.15) is 26.2 Å². The van der Waals surface area contributed by atoms with Gasteiger partial charge in [0, 0.05) is 32.2 Å². The summed E-state index contributed by atoms with van der Waals surface area (Å²) in [6.45, 7) is 4.73. The molecule has 0 aliphatic carbocycles. The molecule has 0 atom stereocenters. The van der Waals surface area contributed by atoms with E-state index in [1.165, 1.54) is 12.1 Å². The van der Waals surface area contributed by atoms with Crippen LogP contribution >= 0.6 is 0 Å². The smallest absolute Gasteiger partial charge is 0.317 e. The summed E-state index contributed by atoms with van der Waals surface area (Å²) in [6, 6.07) is 5.90. The molecule has 2 amide bonds. The quantitative estimate of drug-likeness (QED) is 0.641. The van der Waals surface area contributed by atoms with Gasteiger partial charge in [0.15, 0.2) is 0 Å². The van der Waals surface area contributed by atoms with Crippen molar-refractivity contribution >= 4 is 12.0 Å². The summed E-state index contributed by atoms with van der Waals surface area (Å²) in [7, 11) is 0. The lowest BCUT2D eigenvalue weighted by Crippen LogP contribution is -2.50. The molecule has 1 fully saturated rings. The first kappa shape index (κ1) is 21.0. The molecule has 2 rings (SSSR count). The number of likely N-dealkylation sites (tertiary alicyclic amines) is 1. The molecule has 7 nitrogen and oxygen atoms in total. The van der Waals surface area contributed by atoms with Crippen molar-refractivity contribution in [2.24, 2.45) is 0 Å². The van der Waals surface area contributed by atoms with Gasteiger partial charge in [0.25, 0.3) is 0 Å². The van der Waals surface area contributed by atoms with Crippen molar-refractivity contribution in [2.45, 2.75) is 32.2 Å². The number of carbonyl (C=O) groups excluding carboxylic acids is 1. The van der Waals surface area contributed by atoms with Crippen molar-refractivity contribution in [1.82, 2.24) is 15.1 Å². The van der Waals surface area contributed by atoms with E-state index < -0.39 is 5.97 Å². The maximum atomic E-state index is 12.9. The Bertz CT molecular complexity index is 603. The zero-order chi connectivity index (χ0) is 19.6. The third-order valence-corrected chi connectivity index (χ3v) is 4.61. The third-order valence-electron chi connectivity index (χ3n) is 4.61. The normalized spacial score (nSPS) is 15.0. The number of carboxylic acids is 1. The monoisotopic (exact) mass is 381 g/mol. The highest BCUT2D eigenvalue weighted by Gasteiger charge is 2.27. The average Bonchev–Trinajstić information content (AvgIpc) is 2.65. The Morgan fingerprint density at radius 1 is 1.30 bits per heavy atom. The Morgan fingerprint density at radius 2 is 1.96 bits per heavy atom. The van der Waals surface area contributed by atoms with E-state index in [0.717, 1.165) is 12.8 Å². The molecule has 1 heterocycles. The van der Waals surface area contributed by atoms with Gasteiger partial charge < -0.3 is 20.1 Å². The van der Waals surface area contributed by atoms with Crippen LogP contribution in [0.2, 0.25) is 0 Å². The van der Waals surface area contributed by atoms with E-state index in [0.29, 0.717) is 45.0 Å². The molecular weight excluding hydrogens is 353 g/mol. The molecule has 8 heteroatoms. The van der Waals surface area contributed by atoms with Crippen molar-refractivity contribution in [1.29, 1.82) is 0 Å². The summed E-state index contributed by atoms with van der Waals surface area (Å²) in [4.78, 5) is 26.8. The van der Waals surface area contributed by atoms with Crippen molar-refractivity contribution in [3.63, 3.8) is 0 Å². The highest BCUT2D eigenvalue weighted by atomic mass is 19.1. The lowest BCUT2D eigenvalue weighted by molar-refractivity contribution is -0.139. The maximum Gasteiger partial charge on any atom is 0.317 e. The van der Waals surface area contributed by atoms with Crippen LogP contribution in [0.15, 0.2) is 24.3 Å². The summed E-state index contributed by atoms with van der Waals surface area (Å²) < 4.78 is 18.5. The number of hydrogen-bond acceptors (Lipinski definition) is 4. The van der Waals surface area contributed by atoms with Gasteiger partial charge in [-0.2, -0.15) is 0 Å². The van der Waals surface area contributed by atoms with Crippen LogP contribution in [0.3, 0.4) is 0 Å². The number of carboxylic acid groups (broad SMARTS) is 1. The molecule has 27 heavy (non-hydrogen) atoms. The fourth-order valence-corrected chi connectivity index (χ4v) is 3.25. The average molecular weight is 381 g/mol. The lowest BCUT2D eigenvalue weighted by Gasteiger charge is -2.37. The van der Waals surface area contributed by atoms with Gasteiger partial charge in [-0.05, 0) is 50.5 Å². The van der Waals surface area contributed by atoms with E-state index in [-0.39, 0.29) is 24.4 Å². The third kappa shape index (κ3) is 7.05. The highest BCUT2D eigenvalue weighted by molar-refractivity contribution is 5.74. The number of nitrogens with zero attached hydrogens (tertiary/aromatic N) is 2. The molecule has 1 aromatic carbocycles. The zero-order valence-electron chi connectivity index (χ0n) is 15.7. The topological polar surface area (TPSA) is 82.1 Å². The molecule has 1 saturated heterocycles. The Hall–Kier alpha value is -2.35. The van der Waals surface area contributed by atoms with Crippen LogP contribution in [-0.4, -0.2) is 72.3 Å². The maximum absolute atomic E-state index is 12.9. The van der Waals surface area contributed by atoms with Gasteiger partial charge in [-0.25, -0.2) is 9.18 Å². The van der Waals surface area contributed by atoms with Gasteiger partial charge in [0.05, 0.1) is 13.2 Å². The summed E-state index contributed by atoms with van der Waals surface area (Å²) in [6.07, 6.45) is 2.17. The van der Waals surface area contributed by atoms with Crippen molar-refractivity contribution in [3.8, 4) is 5.75 Å². The first-order valence-electron chi connectivity index (χ1n) is 9.36. The number of ether oxygens (including phenoxy) is 1. The largest absolute Gasteiger partial charge is 0.494 e. The number of urea groups is 1. The number of nitrogens with one attached hydrogen (secondary N) is 1. The minimum absolute atomic E-state index is 0.0254. The Labute approximate surface area is 159 Å². The van der Waals surface area contributed by atoms with E-state index in [1.807, 2.05) is 11.8 Å². The van der Waals surface area contributed by atoms with Crippen molar-refractivity contribution < 1.29 is 23.8 Å². The molecular formula is C19H28FN3O4.